The molecule has 0 saturated carbocycles. The molecule has 1 atom stereocenters. The van der Waals surface area contributed by atoms with E-state index in [1.165, 1.54) is 0 Å². The third kappa shape index (κ3) is 5.14. The van der Waals surface area contributed by atoms with Gasteiger partial charge in [-0.1, -0.05) is 12.1 Å². The maximum absolute atomic E-state index is 12.7. The van der Waals surface area contributed by atoms with Gasteiger partial charge in [-0.15, -0.1) is 0 Å². The summed E-state index contributed by atoms with van der Waals surface area (Å²) in [6.07, 6.45) is 2.50. The van der Waals surface area contributed by atoms with Gasteiger partial charge in [-0.25, -0.2) is 4.98 Å². The molecular formula is C18H21N3NaO3S. The van der Waals surface area contributed by atoms with Crippen molar-refractivity contribution in [2.45, 2.75) is 24.3 Å². The van der Waals surface area contributed by atoms with Gasteiger partial charge >= 0.3 is 0 Å². The van der Waals surface area contributed by atoms with E-state index < -0.39 is 10.8 Å². The van der Waals surface area contributed by atoms with Crippen molar-refractivity contribution in [2.75, 3.05) is 20.3 Å². The molecule has 0 aliphatic rings. The zero-order valence-corrected chi connectivity index (χ0v) is 18.1. The topological polar surface area (TPSA) is 77.1 Å². The summed E-state index contributed by atoms with van der Waals surface area (Å²) in [7, 11) is 0.371. The second kappa shape index (κ2) is 10.2. The fourth-order valence-corrected chi connectivity index (χ4v) is 3.58. The molecule has 0 aliphatic heterocycles. The van der Waals surface area contributed by atoms with E-state index in [4.69, 9.17) is 9.47 Å². The normalized spacial score (nSPS) is 11.9. The summed E-state index contributed by atoms with van der Waals surface area (Å²) in [6.45, 7) is 3.17. The number of fused-ring (bicyclic) bond motifs is 1. The summed E-state index contributed by atoms with van der Waals surface area (Å²) in [5, 5.41) is 0.466. The van der Waals surface area contributed by atoms with Gasteiger partial charge in [0.15, 0.2) is 5.16 Å². The number of imidazole rings is 1. The number of hydrogen-bond donors (Lipinski definition) is 1. The molecule has 133 valence electrons. The number of para-hydroxylation sites is 2. The smallest absolute Gasteiger partial charge is 0.197 e. The molecule has 0 amide bonds. The fourth-order valence-electron chi connectivity index (χ4n) is 2.48. The van der Waals surface area contributed by atoms with Crippen LogP contribution in [0.5, 0.6) is 5.75 Å². The van der Waals surface area contributed by atoms with Gasteiger partial charge in [0, 0.05) is 61.5 Å². The van der Waals surface area contributed by atoms with Crippen LogP contribution in [0.3, 0.4) is 0 Å². The molecule has 1 aromatic carbocycles. The average Bonchev–Trinajstić information content (AvgIpc) is 3.06. The molecule has 0 spiro atoms. The first kappa shape index (κ1) is 21.1. The zero-order chi connectivity index (χ0) is 17.6. The molecule has 8 heteroatoms. The molecule has 1 unspecified atom stereocenters. The van der Waals surface area contributed by atoms with Gasteiger partial charge in [0.1, 0.15) is 5.75 Å². The summed E-state index contributed by atoms with van der Waals surface area (Å²) in [6, 6.07) is 9.47. The van der Waals surface area contributed by atoms with E-state index in [1.807, 2.05) is 37.3 Å². The van der Waals surface area contributed by atoms with E-state index >= 15 is 0 Å². The van der Waals surface area contributed by atoms with Gasteiger partial charge in [0.2, 0.25) is 0 Å². The monoisotopic (exact) mass is 382 g/mol. The summed E-state index contributed by atoms with van der Waals surface area (Å²) >= 11 is 0. The Balaban J connectivity index is 0.00000243. The molecule has 0 saturated heterocycles. The molecule has 1 N–H and O–H groups in total. The van der Waals surface area contributed by atoms with Gasteiger partial charge in [-0.3, -0.25) is 9.19 Å². The van der Waals surface area contributed by atoms with Crippen LogP contribution in [0.15, 0.2) is 41.7 Å². The van der Waals surface area contributed by atoms with Crippen LogP contribution in [-0.2, 0) is 21.3 Å². The second-order valence-corrected chi connectivity index (χ2v) is 6.99. The molecule has 6 nitrogen and oxygen atoms in total. The van der Waals surface area contributed by atoms with E-state index in [2.05, 4.69) is 15.0 Å². The van der Waals surface area contributed by atoms with Crippen LogP contribution in [0, 0.1) is 6.92 Å². The van der Waals surface area contributed by atoms with Crippen molar-refractivity contribution in [1.82, 2.24) is 15.0 Å². The molecule has 3 aromatic rings. The molecule has 26 heavy (non-hydrogen) atoms. The van der Waals surface area contributed by atoms with E-state index in [-0.39, 0.29) is 29.6 Å². The Hall–Kier alpha value is -1.25. The van der Waals surface area contributed by atoms with Gasteiger partial charge in [-0.2, -0.15) is 0 Å². The van der Waals surface area contributed by atoms with Gasteiger partial charge in [0.05, 0.1) is 39.9 Å². The second-order valence-electron chi connectivity index (χ2n) is 5.62. The zero-order valence-electron chi connectivity index (χ0n) is 15.3. The van der Waals surface area contributed by atoms with Gasteiger partial charge < -0.3 is 14.5 Å². The first-order valence-corrected chi connectivity index (χ1v) is 9.40. The first-order valence-electron chi connectivity index (χ1n) is 8.08. The summed E-state index contributed by atoms with van der Waals surface area (Å²) < 4.78 is 23.5. The van der Waals surface area contributed by atoms with Crippen molar-refractivity contribution >= 4 is 51.4 Å². The molecule has 1 radical (unpaired) electrons. The molecule has 2 heterocycles. The van der Waals surface area contributed by atoms with Crippen LogP contribution in [-0.4, -0.2) is 69.0 Å². The van der Waals surface area contributed by atoms with Crippen molar-refractivity contribution in [3.8, 4) is 5.75 Å². The maximum Gasteiger partial charge on any atom is 0.197 e. The van der Waals surface area contributed by atoms with Crippen LogP contribution < -0.4 is 4.74 Å². The molecular weight excluding hydrogens is 361 g/mol. The maximum atomic E-state index is 12.7. The Morgan fingerprint density at radius 2 is 2.00 bits per heavy atom. The number of ether oxygens (including phenoxy) is 2. The van der Waals surface area contributed by atoms with Gasteiger partial charge in [0.25, 0.3) is 0 Å². The Labute approximate surface area is 177 Å². The van der Waals surface area contributed by atoms with E-state index in [0.29, 0.717) is 24.1 Å². The molecule has 2 aromatic heterocycles. The van der Waals surface area contributed by atoms with Crippen LogP contribution in [0.2, 0.25) is 0 Å². The molecule has 0 bridgehead atoms. The Bertz CT molecular complexity index is 852. The predicted octanol–water partition coefficient (Wildman–Crippen LogP) is 2.61. The number of pyridine rings is 1. The van der Waals surface area contributed by atoms with Crippen LogP contribution in [0.1, 0.15) is 17.7 Å². The van der Waals surface area contributed by atoms with E-state index in [9.17, 15) is 4.21 Å². The third-order valence-corrected chi connectivity index (χ3v) is 5.02. The standard InChI is InChI=1S/C18H21N3O3S.Na/c1-13-16(19-9-8-17(13)24-11-5-10-23-2)12-25(22)18-20-14-6-3-4-7-15(14)21-18;/h3-4,6-9H,5,10-12H2,1-2H3,(H,20,21);. The minimum atomic E-state index is -1.30. The quantitative estimate of drug-likeness (QED) is 0.479. The van der Waals surface area contributed by atoms with Gasteiger partial charge in [-0.05, 0) is 25.1 Å². The summed E-state index contributed by atoms with van der Waals surface area (Å²) in [5.41, 5.74) is 3.35. The number of hydrogen-bond acceptors (Lipinski definition) is 5. The third-order valence-electron chi connectivity index (χ3n) is 3.86. The number of aromatic amines is 1. The van der Waals surface area contributed by atoms with Crippen molar-refractivity contribution in [1.29, 1.82) is 0 Å². The SMILES string of the molecule is COCCCOc1ccnc(CS(=O)c2nc3ccccc3[nH]2)c1C.[Na]. The Morgan fingerprint density at radius 3 is 2.77 bits per heavy atom. The number of aromatic nitrogens is 3. The molecule has 0 fully saturated rings. The minimum Gasteiger partial charge on any atom is -0.493 e. The number of benzene rings is 1. The van der Waals surface area contributed by atoms with Crippen LogP contribution >= 0.6 is 0 Å². The van der Waals surface area contributed by atoms with Crippen molar-refractivity contribution in [3.63, 3.8) is 0 Å². The minimum absolute atomic E-state index is 0. The first-order chi connectivity index (χ1) is 12.2. The average molecular weight is 382 g/mol. The Kier molecular flexibility index (Phi) is 8.24. The number of H-pyrrole nitrogens is 1. The Morgan fingerprint density at radius 1 is 1.19 bits per heavy atom. The largest absolute Gasteiger partial charge is 0.493 e. The fraction of sp³-hybridized carbons (Fsp3) is 0.333. The van der Waals surface area contributed by atoms with Crippen LogP contribution in [0.4, 0.5) is 0 Å². The predicted molar refractivity (Wildman–Crippen MR) is 103 cm³/mol. The number of nitrogens with zero attached hydrogens (tertiary/aromatic N) is 2. The number of nitrogens with one attached hydrogen (secondary N) is 1. The molecule has 0 aliphatic carbocycles. The number of methoxy groups -OCH3 is 1. The van der Waals surface area contributed by atoms with Crippen molar-refractivity contribution < 1.29 is 13.7 Å². The summed E-state index contributed by atoms with van der Waals surface area (Å²) in [4.78, 5) is 11.9. The van der Waals surface area contributed by atoms with Crippen LogP contribution in [0.25, 0.3) is 11.0 Å². The summed E-state index contributed by atoms with van der Waals surface area (Å²) in [5.74, 6) is 1.06. The van der Waals surface area contributed by atoms with Crippen molar-refractivity contribution in [2.24, 2.45) is 0 Å². The number of rotatable bonds is 8. The van der Waals surface area contributed by atoms with E-state index in [1.54, 1.807) is 13.3 Å². The van der Waals surface area contributed by atoms with Crippen molar-refractivity contribution in [3.05, 3.63) is 47.8 Å². The molecule has 3 rings (SSSR count). The van der Waals surface area contributed by atoms with E-state index in [0.717, 1.165) is 34.5 Å².